The van der Waals surface area contributed by atoms with Gasteiger partial charge in [0.2, 0.25) is 11.8 Å². The molecule has 1 saturated carbocycles. The van der Waals surface area contributed by atoms with E-state index in [1.54, 1.807) is 0 Å². The van der Waals surface area contributed by atoms with Gasteiger partial charge in [-0.3, -0.25) is 9.59 Å². The zero-order valence-electron chi connectivity index (χ0n) is 12.8. The van der Waals surface area contributed by atoms with Crippen molar-refractivity contribution < 1.29 is 9.59 Å². The first-order chi connectivity index (χ1) is 9.50. The SMILES string of the molecule is CCC1(C)NC(=O)CCN(C2CCCC(SC)C2)C1=O. The zero-order chi connectivity index (χ0) is 14.8. The summed E-state index contributed by atoms with van der Waals surface area (Å²) >= 11 is 1.91. The van der Waals surface area contributed by atoms with E-state index >= 15 is 0 Å². The monoisotopic (exact) mass is 298 g/mol. The highest BCUT2D eigenvalue weighted by atomic mass is 32.2. The van der Waals surface area contributed by atoms with Gasteiger partial charge in [0.15, 0.2) is 0 Å². The molecule has 0 bridgehead atoms. The molecule has 2 amide bonds. The molecule has 1 N–H and O–H groups in total. The molecule has 114 valence electrons. The van der Waals surface area contributed by atoms with Crippen molar-refractivity contribution in [3.05, 3.63) is 0 Å². The van der Waals surface area contributed by atoms with E-state index in [0.717, 1.165) is 12.8 Å². The minimum Gasteiger partial charge on any atom is -0.342 e. The van der Waals surface area contributed by atoms with Crippen LogP contribution in [0.15, 0.2) is 0 Å². The number of nitrogens with one attached hydrogen (secondary N) is 1. The molecule has 4 nitrogen and oxygen atoms in total. The van der Waals surface area contributed by atoms with E-state index in [2.05, 4.69) is 11.6 Å². The van der Waals surface area contributed by atoms with E-state index < -0.39 is 5.54 Å². The van der Waals surface area contributed by atoms with Crippen LogP contribution in [0.3, 0.4) is 0 Å². The second-order valence-electron chi connectivity index (χ2n) is 6.16. The molecule has 2 rings (SSSR count). The van der Waals surface area contributed by atoms with Crippen molar-refractivity contribution >= 4 is 23.6 Å². The first-order valence-electron chi connectivity index (χ1n) is 7.65. The Morgan fingerprint density at radius 3 is 2.80 bits per heavy atom. The lowest BCUT2D eigenvalue weighted by atomic mass is 9.91. The highest BCUT2D eigenvalue weighted by Crippen LogP contribution is 2.32. The normalized spacial score (nSPS) is 35.6. The van der Waals surface area contributed by atoms with Gasteiger partial charge < -0.3 is 10.2 Å². The Hall–Kier alpha value is -0.710. The Bertz CT molecular complexity index is 388. The largest absolute Gasteiger partial charge is 0.342 e. The molecule has 1 heterocycles. The summed E-state index contributed by atoms with van der Waals surface area (Å²) < 4.78 is 0. The lowest BCUT2D eigenvalue weighted by molar-refractivity contribution is -0.140. The van der Waals surface area contributed by atoms with Gasteiger partial charge in [-0.2, -0.15) is 11.8 Å². The Balaban J connectivity index is 2.16. The fraction of sp³-hybridized carbons (Fsp3) is 0.867. The van der Waals surface area contributed by atoms with Crippen LogP contribution < -0.4 is 5.32 Å². The fourth-order valence-corrected chi connectivity index (χ4v) is 4.09. The topological polar surface area (TPSA) is 49.4 Å². The number of amides is 2. The first kappa shape index (κ1) is 15.7. The van der Waals surface area contributed by atoms with Crippen LogP contribution in [0.25, 0.3) is 0 Å². The summed E-state index contributed by atoms with van der Waals surface area (Å²) in [4.78, 5) is 26.7. The van der Waals surface area contributed by atoms with Crippen LogP contribution >= 0.6 is 11.8 Å². The summed E-state index contributed by atoms with van der Waals surface area (Å²) in [6, 6.07) is 0.312. The maximum atomic E-state index is 12.8. The molecule has 20 heavy (non-hydrogen) atoms. The summed E-state index contributed by atoms with van der Waals surface area (Å²) in [6.45, 7) is 4.40. The van der Waals surface area contributed by atoms with E-state index in [4.69, 9.17) is 0 Å². The maximum Gasteiger partial charge on any atom is 0.248 e. The smallest absolute Gasteiger partial charge is 0.248 e. The summed E-state index contributed by atoms with van der Waals surface area (Å²) in [5, 5.41) is 3.57. The Labute approximate surface area is 126 Å². The number of hydrogen-bond donors (Lipinski definition) is 1. The van der Waals surface area contributed by atoms with E-state index in [1.165, 1.54) is 12.8 Å². The molecule has 0 radical (unpaired) electrons. The highest BCUT2D eigenvalue weighted by molar-refractivity contribution is 7.99. The van der Waals surface area contributed by atoms with Crippen molar-refractivity contribution in [1.82, 2.24) is 10.2 Å². The van der Waals surface area contributed by atoms with Crippen LogP contribution in [-0.4, -0.2) is 46.3 Å². The first-order valence-corrected chi connectivity index (χ1v) is 8.94. The number of thioether (sulfide) groups is 1. The lowest BCUT2D eigenvalue weighted by Crippen LogP contribution is -2.57. The molecule has 3 unspecified atom stereocenters. The average Bonchev–Trinajstić information content (AvgIpc) is 2.57. The van der Waals surface area contributed by atoms with Crippen molar-refractivity contribution in [2.24, 2.45) is 0 Å². The van der Waals surface area contributed by atoms with Crippen molar-refractivity contribution in [1.29, 1.82) is 0 Å². The third kappa shape index (κ3) is 3.13. The molecule has 0 aromatic heterocycles. The van der Waals surface area contributed by atoms with Gasteiger partial charge >= 0.3 is 0 Å². The van der Waals surface area contributed by atoms with Crippen LogP contribution in [0.5, 0.6) is 0 Å². The minimum atomic E-state index is -0.722. The third-order valence-corrected chi connectivity index (χ3v) is 5.90. The predicted octanol–water partition coefficient (Wildman–Crippen LogP) is 2.18. The van der Waals surface area contributed by atoms with E-state index in [9.17, 15) is 9.59 Å². The van der Waals surface area contributed by atoms with Crippen molar-refractivity contribution in [2.45, 2.75) is 69.2 Å². The molecule has 1 aliphatic carbocycles. The molecular formula is C15H26N2O2S. The summed E-state index contributed by atoms with van der Waals surface area (Å²) in [6.07, 6.45) is 7.82. The van der Waals surface area contributed by atoms with Crippen molar-refractivity contribution in [3.8, 4) is 0 Å². The lowest BCUT2D eigenvalue weighted by Gasteiger charge is -2.39. The number of rotatable bonds is 3. The Kier molecular flexibility index (Phi) is 4.99. The van der Waals surface area contributed by atoms with Crippen LogP contribution in [0.1, 0.15) is 52.4 Å². The van der Waals surface area contributed by atoms with Crippen LogP contribution in [0.2, 0.25) is 0 Å². The van der Waals surface area contributed by atoms with Gasteiger partial charge in [0.1, 0.15) is 5.54 Å². The second kappa shape index (κ2) is 6.37. The van der Waals surface area contributed by atoms with E-state index in [-0.39, 0.29) is 11.8 Å². The average molecular weight is 298 g/mol. The number of carbonyl (C=O) groups excluding carboxylic acids is 2. The van der Waals surface area contributed by atoms with E-state index in [1.807, 2.05) is 30.5 Å². The zero-order valence-corrected chi connectivity index (χ0v) is 13.6. The van der Waals surface area contributed by atoms with Gasteiger partial charge in [0.05, 0.1) is 0 Å². The van der Waals surface area contributed by atoms with Crippen molar-refractivity contribution in [3.63, 3.8) is 0 Å². The summed E-state index contributed by atoms with van der Waals surface area (Å²) in [5.74, 6) is 0.111. The van der Waals surface area contributed by atoms with Gasteiger partial charge in [-0.05, 0) is 38.9 Å². The molecular weight excluding hydrogens is 272 g/mol. The van der Waals surface area contributed by atoms with Crippen molar-refractivity contribution in [2.75, 3.05) is 12.8 Å². The molecule has 2 fully saturated rings. The highest BCUT2D eigenvalue weighted by Gasteiger charge is 2.42. The van der Waals surface area contributed by atoms with Crippen LogP contribution in [0.4, 0.5) is 0 Å². The molecule has 5 heteroatoms. The number of hydrogen-bond acceptors (Lipinski definition) is 3. The summed E-state index contributed by atoms with van der Waals surface area (Å²) in [5.41, 5.74) is -0.722. The quantitative estimate of drug-likeness (QED) is 0.869. The predicted molar refractivity (Wildman–Crippen MR) is 82.7 cm³/mol. The fourth-order valence-electron chi connectivity index (χ4n) is 3.27. The molecule has 0 aromatic rings. The molecule has 2 aliphatic rings. The molecule has 1 aliphatic heterocycles. The standard InChI is InChI=1S/C15H26N2O2S/c1-4-15(2)14(19)17(9-8-13(18)16-15)11-6-5-7-12(10-11)20-3/h11-12H,4-10H2,1-3H3,(H,16,18). The number of nitrogens with zero attached hydrogens (tertiary/aromatic N) is 1. The Morgan fingerprint density at radius 1 is 1.40 bits per heavy atom. The van der Waals surface area contributed by atoms with Crippen LogP contribution in [-0.2, 0) is 9.59 Å². The van der Waals surface area contributed by atoms with Gasteiger partial charge in [-0.25, -0.2) is 0 Å². The number of carbonyl (C=O) groups is 2. The van der Waals surface area contributed by atoms with Gasteiger partial charge in [-0.1, -0.05) is 13.3 Å². The van der Waals surface area contributed by atoms with Gasteiger partial charge in [0, 0.05) is 24.3 Å². The van der Waals surface area contributed by atoms with Gasteiger partial charge in [0.25, 0.3) is 0 Å². The molecule has 0 aromatic carbocycles. The Morgan fingerprint density at radius 2 is 2.15 bits per heavy atom. The molecule has 3 atom stereocenters. The van der Waals surface area contributed by atoms with Gasteiger partial charge in [-0.15, -0.1) is 0 Å². The second-order valence-corrected chi connectivity index (χ2v) is 7.30. The third-order valence-electron chi connectivity index (χ3n) is 4.81. The maximum absolute atomic E-state index is 12.8. The van der Waals surface area contributed by atoms with Crippen LogP contribution in [0, 0.1) is 0 Å². The molecule has 1 saturated heterocycles. The minimum absolute atomic E-state index is 0.00225. The van der Waals surface area contributed by atoms with E-state index in [0.29, 0.717) is 30.7 Å². The summed E-state index contributed by atoms with van der Waals surface area (Å²) in [7, 11) is 0. The molecule has 0 spiro atoms.